The molecule has 0 aliphatic rings. The smallest absolute Gasteiger partial charge is 0.134 e. The molecule has 0 spiro atoms. The molecule has 1 aromatic carbocycles. The topological polar surface area (TPSA) is 71.2 Å². The van der Waals surface area contributed by atoms with Crippen molar-refractivity contribution in [2.24, 2.45) is 0 Å². The van der Waals surface area contributed by atoms with Crippen molar-refractivity contribution in [2.45, 2.75) is 24.3 Å². The first-order valence-corrected chi connectivity index (χ1v) is 7.98. The number of benzene rings is 1. The maximum absolute atomic E-state index is 9.89. The third kappa shape index (κ3) is 3.72. The standard InChI is InChI=1S/C14H16BrCl2N3O/c1-14(2,21)6-20-12-8(18)5-19-9-4-3-7(15)10(11(9)12)13(16)17/h3-5,13,21H,6,18H2,1-2H3,(H,19,20). The van der Waals surface area contributed by atoms with E-state index in [9.17, 15) is 5.11 Å². The number of nitrogens with one attached hydrogen (secondary N) is 1. The van der Waals surface area contributed by atoms with Gasteiger partial charge in [-0.25, -0.2) is 0 Å². The molecule has 0 saturated heterocycles. The SMILES string of the molecule is CC(C)(O)CNc1c(N)cnc2ccc(Br)c(C(Cl)Cl)c12. The Morgan fingerprint density at radius 3 is 2.67 bits per heavy atom. The summed E-state index contributed by atoms with van der Waals surface area (Å²) in [5, 5.41) is 13.8. The number of fused-ring (bicyclic) bond motifs is 1. The molecule has 0 bridgehead atoms. The van der Waals surface area contributed by atoms with Crippen molar-refractivity contribution < 1.29 is 5.11 Å². The molecule has 114 valence electrons. The zero-order chi connectivity index (χ0) is 15.8. The van der Waals surface area contributed by atoms with E-state index in [0.29, 0.717) is 23.5 Å². The van der Waals surface area contributed by atoms with Crippen LogP contribution >= 0.6 is 39.1 Å². The summed E-state index contributed by atoms with van der Waals surface area (Å²) in [5.74, 6) is 0. The van der Waals surface area contributed by atoms with Gasteiger partial charge in [0.15, 0.2) is 0 Å². The summed E-state index contributed by atoms with van der Waals surface area (Å²) in [7, 11) is 0. The Labute approximate surface area is 141 Å². The molecule has 0 saturated carbocycles. The number of nitrogens with zero attached hydrogens (tertiary/aromatic N) is 1. The molecule has 0 aliphatic carbocycles. The van der Waals surface area contributed by atoms with Gasteiger partial charge >= 0.3 is 0 Å². The molecule has 0 unspecified atom stereocenters. The van der Waals surface area contributed by atoms with E-state index in [1.54, 1.807) is 20.0 Å². The highest BCUT2D eigenvalue weighted by molar-refractivity contribution is 9.10. The second kappa shape index (κ2) is 6.16. The predicted molar refractivity (Wildman–Crippen MR) is 93.1 cm³/mol. The number of hydrogen-bond donors (Lipinski definition) is 3. The average Bonchev–Trinajstić information content (AvgIpc) is 2.35. The summed E-state index contributed by atoms with van der Waals surface area (Å²) in [6.45, 7) is 3.75. The van der Waals surface area contributed by atoms with Gasteiger partial charge in [0.25, 0.3) is 0 Å². The quantitative estimate of drug-likeness (QED) is 0.680. The molecule has 1 heterocycles. The van der Waals surface area contributed by atoms with E-state index in [-0.39, 0.29) is 0 Å². The van der Waals surface area contributed by atoms with Crippen LogP contribution in [0.1, 0.15) is 24.2 Å². The van der Waals surface area contributed by atoms with Crippen molar-refractivity contribution in [2.75, 3.05) is 17.6 Å². The molecule has 2 aromatic rings. The normalized spacial score (nSPS) is 12.1. The minimum atomic E-state index is -0.879. The Balaban J connectivity index is 2.67. The predicted octanol–water partition coefficient (Wildman–Crippen LogP) is 4.24. The fourth-order valence-electron chi connectivity index (χ4n) is 2.01. The Bertz CT molecular complexity index is 666. The average molecular weight is 393 g/mol. The number of aromatic nitrogens is 1. The molecule has 0 atom stereocenters. The zero-order valence-corrected chi connectivity index (χ0v) is 14.7. The van der Waals surface area contributed by atoms with Crippen molar-refractivity contribution in [3.63, 3.8) is 0 Å². The first kappa shape index (κ1) is 16.6. The molecular formula is C14H16BrCl2N3O. The molecule has 4 nitrogen and oxygen atoms in total. The lowest BCUT2D eigenvalue weighted by molar-refractivity contribution is 0.0946. The summed E-state index contributed by atoms with van der Waals surface area (Å²) in [4.78, 5) is 3.58. The van der Waals surface area contributed by atoms with E-state index in [1.807, 2.05) is 12.1 Å². The van der Waals surface area contributed by atoms with Gasteiger partial charge in [-0.2, -0.15) is 0 Å². The third-order valence-corrected chi connectivity index (χ3v) is 4.10. The number of anilines is 2. The van der Waals surface area contributed by atoms with Crippen LogP contribution in [0, 0.1) is 0 Å². The van der Waals surface area contributed by atoms with Crippen LogP contribution < -0.4 is 11.1 Å². The van der Waals surface area contributed by atoms with Crippen LogP contribution in [-0.4, -0.2) is 22.2 Å². The second-order valence-electron chi connectivity index (χ2n) is 5.41. The van der Waals surface area contributed by atoms with Gasteiger partial charge in [-0.3, -0.25) is 4.98 Å². The largest absolute Gasteiger partial charge is 0.396 e. The zero-order valence-electron chi connectivity index (χ0n) is 11.6. The Morgan fingerprint density at radius 2 is 2.10 bits per heavy atom. The van der Waals surface area contributed by atoms with E-state index in [0.717, 1.165) is 15.4 Å². The number of nitrogens with two attached hydrogens (primary N) is 1. The Morgan fingerprint density at radius 1 is 1.43 bits per heavy atom. The molecule has 0 radical (unpaired) electrons. The van der Waals surface area contributed by atoms with Gasteiger partial charge in [0.1, 0.15) is 4.84 Å². The Kier molecular flexibility index (Phi) is 4.88. The summed E-state index contributed by atoms with van der Waals surface area (Å²) in [5.41, 5.74) is 7.72. The summed E-state index contributed by atoms with van der Waals surface area (Å²) < 4.78 is 0.781. The van der Waals surface area contributed by atoms with Crippen molar-refractivity contribution >= 4 is 61.4 Å². The highest BCUT2D eigenvalue weighted by Crippen LogP contribution is 2.41. The van der Waals surface area contributed by atoms with Gasteiger partial charge in [-0.05, 0) is 26.0 Å². The first-order chi connectivity index (χ1) is 9.70. The Hall–Kier alpha value is -0.750. The minimum absolute atomic E-state index is 0.331. The van der Waals surface area contributed by atoms with Crippen molar-refractivity contribution in [1.82, 2.24) is 4.98 Å². The van der Waals surface area contributed by atoms with Crippen molar-refractivity contribution in [1.29, 1.82) is 0 Å². The molecule has 4 N–H and O–H groups in total. The number of rotatable bonds is 4. The van der Waals surface area contributed by atoms with Gasteiger partial charge in [-0.1, -0.05) is 39.1 Å². The summed E-state index contributed by atoms with van der Waals surface area (Å²) in [6.07, 6.45) is 1.57. The van der Waals surface area contributed by atoms with Gasteiger partial charge in [-0.15, -0.1) is 0 Å². The first-order valence-electron chi connectivity index (χ1n) is 6.31. The van der Waals surface area contributed by atoms with Crippen molar-refractivity contribution in [3.05, 3.63) is 28.4 Å². The summed E-state index contributed by atoms with van der Waals surface area (Å²) in [6, 6.07) is 3.70. The number of pyridine rings is 1. The van der Waals surface area contributed by atoms with Crippen LogP contribution in [0.5, 0.6) is 0 Å². The van der Waals surface area contributed by atoms with E-state index >= 15 is 0 Å². The lowest BCUT2D eigenvalue weighted by Gasteiger charge is -2.22. The third-order valence-electron chi connectivity index (χ3n) is 2.97. The molecular weight excluding hydrogens is 377 g/mol. The number of aliphatic hydroxyl groups is 1. The van der Waals surface area contributed by atoms with E-state index in [1.165, 1.54) is 0 Å². The van der Waals surface area contributed by atoms with E-state index in [4.69, 9.17) is 28.9 Å². The van der Waals surface area contributed by atoms with Crippen LogP contribution in [0.3, 0.4) is 0 Å². The van der Waals surface area contributed by atoms with Crippen molar-refractivity contribution in [3.8, 4) is 0 Å². The van der Waals surface area contributed by atoms with Crippen LogP contribution in [-0.2, 0) is 0 Å². The van der Waals surface area contributed by atoms with Crippen LogP contribution in [0.25, 0.3) is 10.9 Å². The highest BCUT2D eigenvalue weighted by Gasteiger charge is 2.20. The molecule has 0 fully saturated rings. The highest BCUT2D eigenvalue weighted by atomic mass is 79.9. The maximum atomic E-state index is 9.89. The van der Waals surface area contributed by atoms with E-state index in [2.05, 4.69) is 26.2 Å². The fourth-order valence-corrected chi connectivity index (χ4v) is 3.29. The molecule has 7 heteroatoms. The van der Waals surface area contributed by atoms with Crippen LogP contribution in [0.2, 0.25) is 0 Å². The molecule has 0 aliphatic heterocycles. The molecule has 0 amide bonds. The molecule has 2 rings (SSSR count). The van der Waals surface area contributed by atoms with Crippen LogP contribution in [0.15, 0.2) is 22.8 Å². The maximum Gasteiger partial charge on any atom is 0.134 e. The lowest BCUT2D eigenvalue weighted by Crippen LogP contribution is -2.29. The number of alkyl halides is 2. The summed E-state index contributed by atoms with van der Waals surface area (Å²) >= 11 is 15.6. The number of hydrogen-bond acceptors (Lipinski definition) is 4. The number of halogens is 3. The number of nitrogen functional groups attached to an aromatic ring is 1. The van der Waals surface area contributed by atoms with Gasteiger partial charge < -0.3 is 16.2 Å². The van der Waals surface area contributed by atoms with Crippen LogP contribution in [0.4, 0.5) is 11.4 Å². The lowest BCUT2D eigenvalue weighted by atomic mass is 10.1. The van der Waals surface area contributed by atoms with Gasteiger partial charge in [0, 0.05) is 22.0 Å². The minimum Gasteiger partial charge on any atom is -0.396 e. The van der Waals surface area contributed by atoms with Gasteiger partial charge in [0.05, 0.1) is 28.7 Å². The molecule has 21 heavy (non-hydrogen) atoms. The van der Waals surface area contributed by atoms with Gasteiger partial charge in [0.2, 0.25) is 0 Å². The fraction of sp³-hybridized carbons (Fsp3) is 0.357. The molecule has 1 aromatic heterocycles. The van der Waals surface area contributed by atoms with E-state index < -0.39 is 10.4 Å². The monoisotopic (exact) mass is 391 g/mol. The second-order valence-corrected chi connectivity index (χ2v) is 7.36.